The topological polar surface area (TPSA) is 55.3 Å². The minimum atomic E-state index is -0.240. The van der Waals surface area contributed by atoms with E-state index in [1.165, 1.54) is 0 Å². The molecule has 0 saturated carbocycles. The molecule has 0 radical (unpaired) electrons. The summed E-state index contributed by atoms with van der Waals surface area (Å²) in [5, 5.41) is 0. The molecule has 20 heavy (non-hydrogen) atoms. The Morgan fingerprint density at radius 1 is 1.25 bits per heavy atom. The molecule has 0 aliphatic rings. The molecule has 0 aliphatic carbocycles. The van der Waals surface area contributed by atoms with Crippen molar-refractivity contribution in [3.05, 3.63) is 30.5 Å². The van der Waals surface area contributed by atoms with Gasteiger partial charge in [-0.25, -0.2) is 4.98 Å². The second-order valence-corrected chi connectivity index (χ2v) is 4.44. The zero-order valence-corrected chi connectivity index (χ0v) is 11.9. The molecule has 2 rings (SSSR count). The number of carbonyl (C=O) groups excluding carboxylic acids is 1. The Morgan fingerprint density at radius 3 is 2.70 bits per heavy atom. The summed E-state index contributed by atoms with van der Waals surface area (Å²) in [5.41, 5.74) is 1.68. The van der Waals surface area contributed by atoms with Gasteiger partial charge >= 0.3 is 5.97 Å². The molecule has 0 spiro atoms. The Balaban J connectivity index is 2.23. The minimum absolute atomic E-state index is 0.203. The lowest BCUT2D eigenvalue weighted by molar-refractivity contribution is -0.141. The van der Waals surface area contributed by atoms with Crippen LogP contribution in [0.2, 0.25) is 0 Å². The van der Waals surface area contributed by atoms with E-state index in [9.17, 15) is 4.79 Å². The van der Waals surface area contributed by atoms with Crippen molar-refractivity contribution in [2.45, 2.75) is 20.3 Å². The van der Waals surface area contributed by atoms with E-state index >= 15 is 0 Å². The van der Waals surface area contributed by atoms with Crippen molar-refractivity contribution in [2.24, 2.45) is 0 Å². The van der Waals surface area contributed by atoms with Crippen LogP contribution in [-0.4, -0.2) is 35.6 Å². The molecule has 0 unspecified atom stereocenters. The number of carbonyl (C=O) groups is 1. The number of hydrogen-bond donors (Lipinski definition) is 0. The molecule has 0 atom stereocenters. The molecule has 1 aromatic heterocycles. The van der Waals surface area contributed by atoms with Gasteiger partial charge in [0.25, 0.3) is 0 Å². The predicted molar refractivity (Wildman–Crippen MR) is 78.7 cm³/mol. The maximum atomic E-state index is 11.7. The summed E-state index contributed by atoms with van der Waals surface area (Å²) < 4.78 is 5.00. The van der Waals surface area contributed by atoms with Crippen molar-refractivity contribution in [3.63, 3.8) is 0 Å². The first-order valence-corrected chi connectivity index (χ1v) is 6.87. The molecule has 0 bridgehead atoms. The maximum Gasteiger partial charge on any atom is 0.325 e. The highest BCUT2D eigenvalue weighted by Crippen LogP contribution is 2.15. The number of anilines is 1. The number of hydrogen-bond acceptors (Lipinski definition) is 5. The zero-order chi connectivity index (χ0) is 14.4. The van der Waals surface area contributed by atoms with Crippen LogP contribution in [0.25, 0.3) is 11.0 Å². The fourth-order valence-electron chi connectivity index (χ4n) is 2.01. The standard InChI is InChI=1S/C15H19N3O2/c1-3-9-18(11-15(19)20-4-2)14-10-16-12-7-5-6-8-13(12)17-14/h5-8,10H,3-4,9,11H2,1-2H3. The quantitative estimate of drug-likeness (QED) is 0.756. The van der Waals surface area contributed by atoms with Gasteiger partial charge in [-0.05, 0) is 25.5 Å². The average molecular weight is 273 g/mol. The Labute approximate surface area is 118 Å². The molecule has 5 nitrogen and oxygen atoms in total. The number of ether oxygens (including phenoxy) is 1. The highest BCUT2D eigenvalue weighted by molar-refractivity contribution is 5.78. The van der Waals surface area contributed by atoms with E-state index in [0.717, 1.165) is 24.0 Å². The van der Waals surface area contributed by atoms with Crippen molar-refractivity contribution < 1.29 is 9.53 Å². The minimum Gasteiger partial charge on any atom is -0.465 e. The van der Waals surface area contributed by atoms with E-state index in [1.807, 2.05) is 29.2 Å². The number of para-hydroxylation sites is 2. The second kappa shape index (κ2) is 6.84. The molecular formula is C15H19N3O2. The van der Waals surface area contributed by atoms with Crippen LogP contribution in [0, 0.1) is 0 Å². The third-order valence-electron chi connectivity index (χ3n) is 2.88. The fourth-order valence-corrected chi connectivity index (χ4v) is 2.01. The van der Waals surface area contributed by atoms with Crippen LogP contribution >= 0.6 is 0 Å². The molecule has 1 heterocycles. The molecule has 0 aliphatic heterocycles. The number of rotatable bonds is 6. The SMILES string of the molecule is CCCN(CC(=O)OCC)c1cnc2ccccc2n1. The first kappa shape index (κ1) is 14.2. The third-order valence-corrected chi connectivity index (χ3v) is 2.88. The summed E-state index contributed by atoms with van der Waals surface area (Å²) in [6.07, 6.45) is 2.63. The van der Waals surface area contributed by atoms with Crippen molar-refractivity contribution in [1.29, 1.82) is 0 Å². The monoisotopic (exact) mass is 273 g/mol. The summed E-state index contributed by atoms with van der Waals surface area (Å²) in [4.78, 5) is 22.5. The highest BCUT2D eigenvalue weighted by Gasteiger charge is 2.13. The van der Waals surface area contributed by atoms with Gasteiger partial charge in [-0.1, -0.05) is 19.1 Å². The second-order valence-electron chi connectivity index (χ2n) is 4.44. The highest BCUT2D eigenvalue weighted by atomic mass is 16.5. The summed E-state index contributed by atoms with van der Waals surface area (Å²) in [6.45, 7) is 5.20. The van der Waals surface area contributed by atoms with Crippen LogP contribution in [0.5, 0.6) is 0 Å². The van der Waals surface area contributed by atoms with Gasteiger partial charge in [0, 0.05) is 6.54 Å². The summed E-state index contributed by atoms with van der Waals surface area (Å²) >= 11 is 0. The molecule has 0 N–H and O–H groups in total. The van der Waals surface area contributed by atoms with Crippen molar-refractivity contribution in [3.8, 4) is 0 Å². The van der Waals surface area contributed by atoms with Crippen LogP contribution in [0.3, 0.4) is 0 Å². The first-order valence-electron chi connectivity index (χ1n) is 6.87. The van der Waals surface area contributed by atoms with Gasteiger partial charge < -0.3 is 9.64 Å². The van der Waals surface area contributed by atoms with Crippen molar-refractivity contribution >= 4 is 22.8 Å². The number of fused-ring (bicyclic) bond motifs is 1. The van der Waals surface area contributed by atoms with Gasteiger partial charge in [0.1, 0.15) is 12.4 Å². The van der Waals surface area contributed by atoms with Crippen LogP contribution in [0.1, 0.15) is 20.3 Å². The van der Waals surface area contributed by atoms with E-state index in [4.69, 9.17) is 4.74 Å². The normalized spacial score (nSPS) is 10.5. The van der Waals surface area contributed by atoms with Gasteiger partial charge in [0.05, 0.1) is 23.8 Å². The Morgan fingerprint density at radius 2 is 2.00 bits per heavy atom. The molecule has 5 heteroatoms. The molecule has 106 valence electrons. The molecule has 0 saturated heterocycles. The van der Waals surface area contributed by atoms with Crippen LogP contribution in [-0.2, 0) is 9.53 Å². The summed E-state index contributed by atoms with van der Waals surface area (Å²) in [7, 11) is 0. The van der Waals surface area contributed by atoms with Crippen LogP contribution in [0.4, 0.5) is 5.82 Å². The van der Waals surface area contributed by atoms with Crippen molar-refractivity contribution in [1.82, 2.24) is 9.97 Å². The number of benzene rings is 1. The number of nitrogens with zero attached hydrogens (tertiary/aromatic N) is 3. The number of aromatic nitrogens is 2. The van der Waals surface area contributed by atoms with Gasteiger partial charge in [-0.2, -0.15) is 0 Å². The van der Waals surface area contributed by atoms with E-state index in [1.54, 1.807) is 13.1 Å². The molecule has 0 fully saturated rings. The largest absolute Gasteiger partial charge is 0.465 e. The Hall–Kier alpha value is -2.17. The van der Waals surface area contributed by atoms with Gasteiger partial charge in [0.2, 0.25) is 0 Å². The predicted octanol–water partition coefficient (Wildman–Crippen LogP) is 2.41. The van der Waals surface area contributed by atoms with Gasteiger partial charge in [-0.3, -0.25) is 9.78 Å². The third kappa shape index (κ3) is 3.44. The molecule has 0 amide bonds. The average Bonchev–Trinajstić information content (AvgIpc) is 2.46. The first-order chi connectivity index (χ1) is 9.74. The van der Waals surface area contributed by atoms with Gasteiger partial charge in [-0.15, -0.1) is 0 Å². The molecule has 2 aromatic rings. The van der Waals surface area contributed by atoms with Crippen molar-refractivity contribution in [2.75, 3.05) is 24.6 Å². The smallest absolute Gasteiger partial charge is 0.325 e. The fraction of sp³-hybridized carbons (Fsp3) is 0.400. The maximum absolute atomic E-state index is 11.7. The van der Waals surface area contributed by atoms with E-state index in [0.29, 0.717) is 12.4 Å². The van der Waals surface area contributed by atoms with E-state index in [-0.39, 0.29) is 12.5 Å². The lowest BCUT2D eigenvalue weighted by atomic mass is 10.3. The zero-order valence-electron chi connectivity index (χ0n) is 11.9. The van der Waals surface area contributed by atoms with E-state index < -0.39 is 0 Å². The molecular weight excluding hydrogens is 254 g/mol. The lowest BCUT2D eigenvalue weighted by Crippen LogP contribution is -2.32. The summed E-state index contributed by atoms with van der Waals surface area (Å²) in [5.74, 6) is 0.467. The molecule has 1 aromatic carbocycles. The number of esters is 1. The van der Waals surface area contributed by atoms with Crippen LogP contribution in [0.15, 0.2) is 30.5 Å². The lowest BCUT2D eigenvalue weighted by Gasteiger charge is -2.21. The Bertz CT molecular complexity index is 586. The van der Waals surface area contributed by atoms with E-state index in [2.05, 4.69) is 16.9 Å². The van der Waals surface area contributed by atoms with Crippen LogP contribution < -0.4 is 4.90 Å². The van der Waals surface area contributed by atoms with Gasteiger partial charge in [0.15, 0.2) is 0 Å². The summed E-state index contributed by atoms with van der Waals surface area (Å²) in [6, 6.07) is 7.69. The Kier molecular flexibility index (Phi) is 4.87.